The fraction of sp³-hybridized carbons (Fsp3) is 0.391. The quantitative estimate of drug-likeness (QED) is 0.522. The summed E-state index contributed by atoms with van der Waals surface area (Å²) < 4.78 is 24.8. The first-order valence-electron chi connectivity index (χ1n) is 10.6. The van der Waals surface area contributed by atoms with Gasteiger partial charge in [-0.2, -0.15) is 4.98 Å². The molecule has 0 unspecified atom stereocenters. The third-order valence-electron chi connectivity index (χ3n) is 5.77. The van der Waals surface area contributed by atoms with Crippen molar-refractivity contribution in [3.63, 3.8) is 0 Å². The van der Waals surface area contributed by atoms with Crippen LogP contribution in [0.4, 0.5) is 4.39 Å². The number of hydrogen-bond donors (Lipinski definition) is 2. The summed E-state index contributed by atoms with van der Waals surface area (Å²) in [5, 5.41) is 10.0. The highest BCUT2D eigenvalue weighted by atomic mass is 19.1. The third-order valence-corrected chi connectivity index (χ3v) is 5.77. The van der Waals surface area contributed by atoms with Gasteiger partial charge in [0.25, 0.3) is 5.89 Å². The number of benzene rings is 1. The average Bonchev–Trinajstić information content (AvgIpc) is 3.25. The Morgan fingerprint density at radius 3 is 2.56 bits per heavy atom. The average molecular weight is 440 g/mol. The molecular weight excluding hydrogens is 415 g/mol. The molecule has 0 amide bonds. The first-order valence-corrected chi connectivity index (χ1v) is 10.6. The van der Waals surface area contributed by atoms with E-state index in [1.165, 1.54) is 6.08 Å². The van der Waals surface area contributed by atoms with E-state index in [4.69, 9.17) is 9.26 Å². The number of dihydropyridines is 1. The minimum absolute atomic E-state index is 0.0733. The van der Waals surface area contributed by atoms with E-state index in [0.29, 0.717) is 54.5 Å². The lowest BCUT2D eigenvalue weighted by Crippen LogP contribution is -2.49. The lowest BCUT2D eigenvalue weighted by atomic mass is 9.73. The molecule has 1 aromatic heterocycles. The number of hydrogen-bond acceptors (Lipinski definition) is 8. The second-order valence-electron chi connectivity index (χ2n) is 7.84. The highest BCUT2D eigenvalue weighted by Gasteiger charge is 2.47. The van der Waals surface area contributed by atoms with Crippen LogP contribution in [-0.2, 0) is 9.53 Å². The molecule has 32 heavy (non-hydrogen) atoms. The topological polar surface area (TPSA) is 106 Å². The van der Waals surface area contributed by atoms with Crippen molar-refractivity contribution in [2.75, 3.05) is 26.2 Å². The zero-order valence-electron chi connectivity index (χ0n) is 18.0. The molecule has 2 aliphatic heterocycles. The monoisotopic (exact) mass is 440 g/mol. The first-order chi connectivity index (χ1) is 15.4. The number of ether oxygens (including phenoxy) is 1. The number of nitrogens with one attached hydrogen (secondary N) is 2. The van der Waals surface area contributed by atoms with Crippen LogP contribution in [0.25, 0.3) is 11.5 Å². The smallest absolute Gasteiger partial charge is 0.318 e. The molecule has 0 spiro atoms. The Labute approximate surface area is 184 Å². The number of Topliss-reactive ketones (excluding diaryl/α,β-unsaturated/α-hetero) is 1. The normalized spacial score (nSPS) is 18.0. The van der Waals surface area contributed by atoms with E-state index in [9.17, 15) is 14.0 Å². The van der Waals surface area contributed by atoms with Crippen molar-refractivity contribution < 1.29 is 23.2 Å². The van der Waals surface area contributed by atoms with Gasteiger partial charge in [0.05, 0.1) is 13.2 Å². The van der Waals surface area contributed by atoms with Crippen molar-refractivity contribution >= 4 is 11.8 Å². The van der Waals surface area contributed by atoms with Crippen LogP contribution in [-0.4, -0.2) is 48.1 Å². The molecule has 9 heteroatoms. The van der Waals surface area contributed by atoms with Gasteiger partial charge in [-0.1, -0.05) is 17.3 Å². The van der Waals surface area contributed by atoms with E-state index in [0.717, 1.165) is 0 Å². The van der Waals surface area contributed by atoms with Gasteiger partial charge in [-0.3, -0.25) is 9.59 Å². The van der Waals surface area contributed by atoms with Gasteiger partial charge in [0.15, 0.2) is 11.6 Å². The minimum Gasteiger partial charge on any atom is -0.465 e. The fourth-order valence-corrected chi connectivity index (χ4v) is 4.17. The lowest BCUT2D eigenvalue weighted by molar-refractivity contribution is -0.154. The Morgan fingerprint density at radius 2 is 1.94 bits per heavy atom. The molecule has 0 bridgehead atoms. The minimum atomic E-state index is -1.02. The molecule has 0 saturated carbocycles. The molecule has 4 rings (SSSR count). The van der Waals surface area contributed by atoms with E-state index < -0.39 is 17.2 Å². The number of piperidine rings is 1. The standard InChI is InChI=1S/C23H25FN4O4/c1-3-31-22(30)23(8-10-25-11-9-23)20-18(12-17(24)13-26-20)19(29)15-4-6-16(7-5-15)21-27-14(2)28-32-21/h4-7,12,25-26H,3,8-11,13H2,1-2H3. The van der Waals surface area contributed by atoms with Gasteiger partial charge in [0.2, 0.25) is 0 Å². The van der Waals surface area contributed by atoms with E-state index >= 15 is 0 Å². The number of allylic oxidation sites excluding steroid dienone is 2. The van der Waals surface area contributed by atoms with Crippen molar-refractivity contribution in [2.24, 2.45) is 5.41 Å². The summed E-state index contributed by atoms with van der Waals surface area (Å²) in [5.41, 5.74) is 0.579. The van der Waals surface area contributed by atoms with E-state index in [-0.39, 0.29) is 24.5 Å². The summed E-state index contributed by atoms with van der Waals surface area (Å²) in [6.07, 6.45) is 2.14. The number of esters is 1. The molecule has 2 aliphatic rings. The molecule has 2 N–H and O–H groups in total. The van der Waals surface area contributed by atoms with Crippen LogP contribution >= 0.6 is 0 Å². The SMILES string of the molecule is CCOC(=O)C1(C2=C(C(=O)c3ccc(-c4nc(C)no4)cc3)C=C(F)CN2)CCNCC1. The molecule has 2 aromatic rings. The highest BCUT2D eigenvalue weighted by Crippen LogP contribution is 2.41. The van der Waals surface area contributed by atoms with Gasteiger partial charge in [0.1, 0.15) is 11.2 Å². The number of aromatic nitrogens is 2. The Bertz CT molecular complexity index is 1080. The van der Waals surface area contributed by atoms with Crippen molar-refractivity contribution in [1.82, 2.24) is 20.8 Å². The predicted octanol–water partition coefficient (Wildman–Crippen LogP) is 2.87. The maximum atomic E-state index is 14.3. The summed E-state index contributed by atoms with van der Waals surface area (Å²) >= 11 is 0. The van der Waals surface area contributed by atoms with Gasteiger partial charge in [-0.25, -0.2) is 4.39 Å². The van der Waals surface area contributed by atoms with Gasteiger partial charge in [-0.15, -0.1) is 0 Å². The third kappa shape index (κ3) is 4.08. The maximum Gasteiger partial charge on any atom is 0.318 e. The molecule has 1 fully saturated rings. The van der Waals surface area contributed by atoms with Crippen molar-refractivity contribution in [3.05, 3.63) is 58.8 Å². The number of halogens is 1. The molecule has 0 aliphatic carbocycles. The number of nitrogens with zero attached hydrogens (tertiary/aromatic N) is 2. The Balaban J connectivity index is 1.74. The van der Waals surface area contributed by atoms with Gasteiger partial charge >= 0.3 is 5.97 Å². The Hall–Kier alpha value is -3.33. The van der Waals surface area contributed by atoms with E-state index in [1.54, 1.807) is 38.1 Å². The van der Waals surface area contributed by atoms with Crippen LogP contribution in [0.2, 0.25) is 0 Å². The Morgan fingerprint density at radius 1 is 1.22 bits per heavy atom. The summed E-state index contributed by atoms with van der Waals surface area (Å²) in [7, 11) is 0. The predicted molar refractivity (Wildman–Crippen MR) is 114 cm³/mol. The summed E-state index contributed by atoms with van der Waals surface area (Å²) in [6.45, 7) is 4.80. The zero-order chi connectivity index (χ0) is 22.7. The number of aryl methyl sites for hydroxylation is 1. The van der Waals surface area contributed by atoms with E-state index in [2.05, 4.69) is 20.8 Å². The van der Waals surface area contributed by atoms with Crippen molar-refractivity contribution in [1.29, 1.82) is 0 Å². The van der Waals surface area contributed by atoms with Crippen LogP contribution < -0.4 is 10.6 Å². The molecule has 8 nitrogen and oxygen atoms in total. The number of carbonyl (C=O) groups excluding carboxylic acids is 2. The van der Waals surface area contributed by atoms with Gasteiger partial charge in [-0.05, 0) is 58.0 Å². The number of carbonyl (C=O) groups is 2. The van der Waals surface area contributed by atoms with Crippen molar-refractivity contribution in [3.8, 4) is 11.5 Å². The second kappa shape index (κ2) is 9.04. The highest BCUT2D eigenvalue weighted by molar-refractivity contribution is 6.12. The largest absolute Gasteiger partial charge is 0.465 e. The summed E-state index contributed by atoms with van der Waals surface area (Å²) in [4.78, 5) is 30.7. The maximum absolute atomic E-state index is 14.3. The van der Waals surface area contributed by atoms with Crippen LogP contribution in [0.3, 0.4) is 0 Å². The van der Waals surface area contributed by atoms with Crippen molar-refractivity contribution in [2.45, 2.75) is 26.7 Å². The molecule has 1 aromatic carbocycles. The van der Waals surface area contributed by atoms with Crippen LogP contribution in [0, 0.1) is 12.3 Å². The second-order valence-corrected chi connectivity index (χ2v) is 7.84. The van der Waals surface area contributed by atoms with E-state index in [1.807, 2.05) is 0 Å². The summed E-state index contributed by atoms with van der Waals surface area (Å²) in [6, 6.07) is 6.65. The van der Waals surface area contributed by atoms with Crippen LogP contribution in [0.5, 0.6) is 0 Å². The summed E-state index contributed by atoms with van der Waals surface area (Å²) in [5.74, 6) is -0.384. The molecule has 1 saturated heterocycles. The molecular formula is C23H25FN4O4. The lowest BCUT2D eigenvalue weighted by Gasteiger charge is -2.39. The Kier molecular flexibility index (Phi) is 6.18. The molecule has 168 valence electrons. The molecule has 0 atom stereocenters. The fourth-order valence-electron chi connectivity index (χ4n) is 4.17. The van der Waals surface area contributed by atoms with Crippen LogP contribution in [0.15, 0.2) is 52.0 Å². The molecule has 3 heterocycles. The zero-order valence-corrected chi connectivity index (χ0v) is 18.0. The van der Waals surface area contributed by atoms with Gasteiger partial charge < -0.3 is 19.9 Å². The number of ketones is 1. The van der Waals surface area contributed by atoms with Crippen LogP contribution in [0.1, 0.15) is 35.9 Å². The van der Waals surface area contributed by atoms with Gasteiger partial charge in [0, 0.05) is 22.4 Å². The first kappa shape index (κ1) is 21.9. The molecule has 0 radical (unpaired) electrons. The number of rotatable bonds is 6.